The molecule has 0 fully saturated rings. The minimum Gasteiger partial charge on any atom is -1.00 e. The molecule has 0 radical (unpaired) electrons. The second-order valence-electron chi connectivity index (χ2n) is 2.30. The third kappa shape index (κ3) is 10.1. The number of carbonyl (C=O) groups excluding carboxylic acids is 1. The summed E-state index contributed by atoms with van der Waals surface area (Å²) >= 11 is -0.578. The van der Waals surface area contributed by atoms with Gasteiger partial charge in [-0.15, -0.1) is 11.6 Å². The van der Waals surface area contributed by atoms with E-state index >= 15 is 0 Å². The van der Waals surface area contributed by atoms with Gasteiger partial charge in [0.2, 0.25) is 0 Å². The van der Waals surface area contributed by atoms with Gasteiger partial charge in [-0.1, -0.05) is 0 Å². The van der Waals surface area contributed by atoms with Gasteiger partial charge in [-0.05, 0) is 12.2 Å². The van der Waals surface area contributed by atoms with E-state index in [0.29, 0.717) is 5.78 Å². The van der Waals surface area contributed by atoms with Crippen LogP contribution in [0.15, 0.2) is 0 Å². The monoisotopic (exact) mass is 140 g/mol. The maximum Gasteiger partial charge on any atom is 2.00 e. The number of Topliss-reactive ketones (excluding diaryl/α,β-unsaturated/α-hetero) is 1. The van der Waals surface area contributed by atoms with Crippen molar-refractivity contribution in [2.45, 2.75) is 23.8 Å². The molecule has 0 aliphatic rings. The van der Waals surface area contributed by atoms with Gasteiger partial charge in [0.15, 0.2) is 0 Å². The molecule has 3 heteroatoms. The predicted octanol–water partition coefficient (Wildman–Crippen LogP) is 1.17. The second kappa shape index (κ2) is 6.09. The molecule has 44 valence electrons. The SMILES string of the molecule is CC(=O)[CH2][Al]([CH3])[CH3].[H-].[H-].[Mg+2]. The molecule has 0 amide bonds. The molecule has 0 aliphatic carbocycles. The Morgan fingerprint density at radius 3 is 2.00 bits per heavy atom. The number of hydrogen-bond acceptors (Lipinski definition) is 1. The molecule has 8 heavy (non-hydrogen) atoms. The molecule has 0 heterocycles. The van der Waals surface area contributed by atoms with Crippen LogP contribution in [0.4, 0.5) is 0 Å². The molecule has 0 aromatic rings. The number of carbonyl (C=O) groups is 1. The van der Waals surface area contributed by atoms with Crippen LogP contribution in [0.1, 0.15) is 9.78 Å². The summed E-state index contributed by atoms with van der Waals surface area (Å²) < 4.78 is 0. The van der Waals surface area contributed by atoms with E-state index in [9.17, 15) is 4.79 Å². The Hall–Kier alpha value is 0.969. The van der Waals surface area contributed by atoms with E-state index in [1.54, 1.807) is 6.92 Å². The predicted molar refractivity (Wildman–Crippen MR) is 40.9 cm³/mol. The smallest absolute Gasteiger partial charge is 1.00 e. The summed E-state index contributed by atoms with van der Waals surface area (Å²) in [6.45, 7) is 1.66. The van der Waals surface area contributed by atoms with Crippen LogP contribution in [0.3, 0.4) is 0 Å². The third-order valence-corrected chi connectivity index (χ3v) is 2.09. The second-order valence-corrected chi connectivity index (χ2v) is 5.50. The van der Waals surface area contributed by atoms with Crippen LogP contribution < -0.4 is 0 Å². The summed E-state index contributed by atoms with van der Waals surface area (Å²) in [6, 6.07) is 0. The van der Waals surface area contributed by atoms with Gasteiger partial charge in [0.25, 0.3) is 14.1 Å². The van der Waals surface area contributed by atoms with Gasteiger partial charge >= 0.3 is 23.1 Å². The van der Waals surface area contributed by atoms with Crippen LogP contribution in [0.5, 0.6) is 0 Å². The Morgan fingerprint density at radius 2 is 2.00 bits per heavy atom. The quantitative estimate of drug-likeness (QED) is 0.527. The number of hydrogen-bond donors (Lipinski definition) is 0. The summed E-state index contributed by atoms with van der Waals surface area (Å²) in [5, 5.41) is 0.861. The first-order chi connectivity index (χ1) is 3.13. The Bertz CT molecular complexity index is 80.0. The molecular formula is C5H13AlMgO. The molecule has 0 aromatic heterocycles. The Balaban J connectivity index is -0.0000000600. The molecule has 0 aromatic carbocycles. The average molecular weight is 140 g/mol. The van der Waals surface area contributed by atoms with Crippen LogP contribution in [-0.4, -0.2) is 43.0 Å². The standard InChI is InChI=1S/C3H5O.2CH3.Al.Mg.2H/c1-3(2)4;;;;;;/h1H2,2H3;2*1H3;;;;/q;;;;+2;2*-1. The summed E-state index contributed by atoms with van der Waals surface area (Å²) in [4.78, 5) is 10.3. The van der Waals surface area contributed by atoms with E-state index in [2.05, 4.69) is 11.6 Å². The first kappa shape index (κ1) is 11.7. The van der Waals surface area contributed by atoms with Gasteiger partial charge in [0.05, 0.1) is 0 Å². The molecule has 0 spiro atoms. The van der Waals surface area contributed by atoms with E-state index in [1.165, 1.54) is 0 Å². The maximum atomic E-state index is 10.3. The normalized spacial score (nSPS) is 7.38. The van der Waals surface area contributed by atoms with E-state index in [-0.39, 0.29) is 25.9 Å². The Morgan fingerprint density at radius 1 is 1.62 bits per heavy atom. The molecule has 0 unspecified atom stereocenters. The van der Waals surface area contributed by atoms with Crippen LogP contribution >= 0.6 is 0 Å². The first-order valence-electron chi connectivity index (χ1n) is 2.62. The molecule has 0 bridgehead atoms. The molecule has 0 atom stereocenters. The molecule has 0 aliphatic heterocycles. The Labute approximate surface area is 74.4 Å². The molecule has 1 nitrogen and oxygen atoms in total. The van der Waals surface area contributed by atoms with Crippen molar-refractivity contribution in [2.24, 2.45) is 0 Å². The van der Waals surface area contributed by atoms with Gasteiger partial charge in [-0.2, -0.15) is 0 Å². The van der Waals surface area contributed by atoms with Crippen molar-refractivity contribution in [1.82, 2.24) is 0 Å². The fourth-order valence-electron chi connectivity index (χ4n) is 0.575. The largest absolute Gasteiger partial charge is 2.00 e. The van der Waals surface area contributed by atoms with Crippen molar-refractivity contribution in [3.63, 3.8) is 0 Å². The fourth-order valence-corrected chi connectivity index (χ4v) is 1.72. The van der Waals surface area contributed by atoms with Gasteiger partial charge in [-0.3, -0.25) is 0 Å². The molecule has 0 N–H and O–H groups in total. The van der Waals surface area contributed by atoms with Crippen molar-refractivity contribution < 1.29 is 7.65 Å². The summed E-state index contributed by atoms with van der Waals surface area (Å²) in [7, 11) is 0. The third-order valence-electron chi connectivity index (χ3n) is 0.696. The van der Waals surface area contributed by atoms with Crippen LogP contribution in [0, 0.1) is 0 Å². The number of rotatable bonds is 2. The van der Waals surface area contributed by atoms with Gasteiger partial charge < -0.3 is 7.65 Å². The van der Waals surface area contributed by atoms with E-state index < -0.39 is 14.1 Å². The van der Waals surface area contributed by atoms with E-state index in [1.807, 2.05) is 0 Å². The van der Waals surface area contributed by atoms with Crippen LogP contribution in [-0.2, 0) is 4.79 Å². The van der Waals surface area contributed by atoms with Crippen molar-refractivity contribution >= 4 is 43.0 Å². The summed E-state index contributed by atoms with van der Waals surface area (Å²) in [5.74, 6) is 4.71. The summed E-state index contributed by atoms with van der Waals surface area (Å²) in [6.07, 6.45) is 0. The molecular weight excluding hydrogens is 127 g/mol. The zero-order valence-electron chi connectivity index (χ0n) is 7.90. The summed E-state index contributed by atoms with van der Waals surface area (Å²) in [5.41, 5.74) is 0. The van der Waals surface area contributed by atoms with Crippen molar-refractivity contribution in [3.05, 3.63) is 0 Å². The first-order valence-corrected chi connectivity index (χ1v) is 5.75. The molecule has 0 rings (SSSR count). The maximum absolute atomic E-state index is 10.3. The van der Waals surface area contributed by atoms with Crippen LogP contribution in [0.25, 0.3) is 0 Å². The van der Waals surface area contributed by atoms with E-state index in [4.69, 9.17) is 0 Å². The van der Waals surface area contributed by atoms with Gasteiger partial charge in [0.1, 0.15) is 5.78 Å². The van der Waals surface area contributed by atoms with Gasteiger partial charge in [-0.25, -0.2) is 0 Å². The van der Waals surface area contributed by atoms with E-state index in [0.717, 1.165) is 5.28 Å². The molecule has 0 saturated carbocycles. The zero-order valence-corrected chi connectivity index (χ0v) is 8.47. The van der Waals surface area contributed by atoms with Crippen molar-refractivity contribution in [1.29, 1.82) is 0 Å². The minimum absolute atomic E-state index is 0. The van der Waals surface area contributed by atoms with Crippen molar-refractivity contribution in [3.8, 4) is 0 Å². The Kier molecular flexibility index (Phi) is 8.93. The van der Waals surface area contributed by atoms with Crippen molar-refractivity contribution in [2.75, 3.05) is 0 Å². The zero-order chi connectivity index (χ0) is 5.86. The van der Waals surface area contributed by atoms with Crippen LogP contribution in [0.2, 0.25) is 16.9 Å². The fraction of sp³-hybridized carbons (Fsp3) is 0.800. The minimum atomic E-state index is -0.578. The average Bonchev–Trinajstić information content (AvgIpc) is 1.27. The number of ketones is 1. The topological polar surface area (TPSA) is 17.1 Å². The molecule has 0 saturated heterocycles. The van der Waals surface area contributed by atoms with Gasteiger partial charge in [0, 0.05) is 0 Å².